The molecule has 128 valence electrons. The molecule has 2 aromatic heterocycles. The van der Waals surface area contributed by atoms with E-state index < -0.39 is 0 Å². The highest BCUT2D eigenvalue weighted by molar-refractivity contribution is 9.10. The minimum Gasteiger partial charge on any atom is -0.491 e. The molecule has 3 heterocycles. The van der Waals surface area contributed by atoms with Gasteiger partial charge in [0.1, 0.15) is 23.7 Å². The van der Waals surface area contributed by atoms with Crippen LogP contribution in [0, 0.1) is 5.82 Å². The van der Waals surface area contributed by atoms with E-state index in [-0.39, 0.29) is 11.9 Å². The average Bonchev–Trinajstić information content (AvgIpc) is 3.09. The largest absolute Gasteiger partial charge is 0.491 e. The molecule has 4 rings (SSSR count). The summed E-state index contributed by atoms with van der Waals surface area (Å²) in [7, 11) is 0. The maximum Gasteiger partial charge on any atom is 0.143 e. The van der Waals surface area contributed by atoms with Crippen LogP contribution in [0.25, 0.3) is 11.0 Å². The zero-order chi connectivity index (χ0) is 17.2. The molecule has 4 nitrogen and oxygen atoms in total. The molecule has 0 radical (unpaired) electrons. The van der Waals surface area contributed by atoms with Crippen LogP contribution in [0.1, 0.15) is 12.8 Å². The maximum atomic E-state index is 13.4. The third-order valence-corrected chi connectivity index (χ3v) is 4.99. The lowest BCUT2D eigenvalue weighted by molar-refractivity contribution is 0.288. The van der Waals surface area contributed by atoms with Gasteiger partial charge in [-0.1, -0.05) is 15.9 Å². The monoisotopic (exact) mass is 401 g/mol. The summed E-state index contributed by atoms with van der Waals surface area (Å²) in [6, 6.07) is 11.5. The molecule has 25 heavy (non-hydrogen) atoms. The summed E-state index contributed by atoms with van der Waals surface area (Å²) < 4.78 is 20.4. The molecule has 1 aliphatic heterocycles. The van der Waals surface area contributed by atoms with E-state index in [1.165, 1.54) is 12.3 Å². The summed E-state index contributed by atoms with van der Waals surface area (Å²) in [5.41, 5.74) is 2.31. The molecule has 1 aliphatic rings. The Bertz CT molecular complexity index is 887. The van der Waals surface area contributed by atoms with Gasteiger partial charge in [-0.2, -0.15) is 0 Å². The van der Waals surface area contributed by atoms with Crippen molar-refractivity contribution in [2.24, 2.45) is 0 Å². The van der Waals surface area contributed by atoms with E-state index in [2.05, 4.69) is 30.8 Å². The smallest absolute Gasteiger partial charge is 0.143 e. The second-order valence-corrected chi connectivity index (χ2v) is 7.02. The molecule has 6 heteroatoms. The maximum absolute atomic E-state index is 13.4. The van der Waals surface area contributed by atoms with E-state index >= 15 is 0 Å². The molecule has 3 aromatic rings. The van der Waals surface area contributed by atoms with Crippen LogP contribution in [0.3, 0.4) is 0 Å². The number of rotatable bonds is 4. The van der Waals surface area contributed by atoms with Crippen molar-refractivity contribution in [1.82, 2.24) is 9.97 Å². The van der Waals surface area contributed by atoms with Crippen molar-refractivity contribution in [2.45, 2.75) is 18.9 Å². The van der Waals surface area contributed by atoms with Crippen molar-refractivity contribution in [3.8, 4) is 5.75 Å². The predicted molar refractivity (Wildman–Crippen MR) is 99.5 cm³/mol. The zero-order valence-corrected chi connectivity index (χ0v) is 15.1. The van der Waals surface area contributed by atoms with Gasteiger partial charge in [0.05, 0.1) is 23.4 Å². The fourth-order valence-electron chi connectivity index (χ4n) is 3.27. The van der Waals surface area contributed by atoms with E-state index in [1.807, 2.05) is 30.3 Å². The van der Waals surface area contributed by atoms with Gasteiger partial charge >= 0.3 is 0 Å². The van der Waals surface area contributed by atoms with Crippen LogP contribution < -0.4 is 9.64 Å². The van der Waals surface area contributed by atoms with Crippen LogP contribution >= 0.6 is 15.9 Å². The number of hydrogen-bond acceptors (Lipinski definition) is 4. The Balaban J connectivity index is 1.56. The van der Waals surface area contributed by atoms with Gasteiger partial charge in [-0.05, 0) is 43.2 Å². The molecular weight excluding hydrogens is 385 g/mol. The standard InChI is InChI=1S/C19H17BrFN3O/c20-13-3-5-16(6-4-13)25-12-15-2-1-9-24(15)18-7-8-22-17-10-14(21)11-23-19(17)18/h3-8,10-11,15H,1-2,9,12H2/t15-/m0/s1. The van der Waals surface area contributed by atoms with E-state index in [0.717, 1.165) is 40.8 Å². The van der Waals surface area contributed by atoms with Crippen molar-refractivity contribution in [1.29, 1.82) is 0 Å². The molecular formula is C19H17BrFN3O. The number of benzene rings is 1. The Morgan fingerprint density at radius 2 is 2.04 bits per heavy atom. The summed E-state index contributed by atoms with van der Waals surface area (Å²) >= 11 is 3.43. The highest BCUT2D eigenvalue weighted by Crippen LogP contribution is 2.31. The van der Waals surface area contributed by atoms with E-state index in [9.17, 15) is 4.39 Å². The van der Waals surface area contributed by atoms with Gasteiger partial charge in [0.15, 0.2) is 0 Å². The minimum atomic E-state index is -0.367. The molecule has 0 N–H and O–H groups in total. The lowest BCUT2D eigenvalue weighted by Crippen LogP contribution is -2.34. The number of pyridine rings is 2. The molecule has 1 saturated heterocycles. The normalized spacial score (nSPS) is 17.2. The summed E-state index contributed by atoms with van der Waals surface area (Å²) in [4.78, 5) is 10.8. The Labute approximate surface area is 153 Å². The van der Waals surface area contributed by atoms with Gasteiger partial charge in [0, 0.05) is 23.3 Å². The van der Waals surface area contributed by atoms with Gasteiger partial charge in [0.25, 0.3) is 0 Å². The van der Waals surface area contributed by atoms with Crippen molar-refractivity contribution < 1.29 is 9.13 Å². The number of halogens is 2. The second kappa shape index (κ2) is 6.96. The first-order valence-corrected chi connectivity index (χ1v) is 9.05. The topological polar surface area (TPSA) is 38.2 Å². The van der Waals surface area contributed by atoms with Gasteiger partial charge in [-0.15, -0.1) is 0 Å². The molecule has 0 saturated carbocycles. The van der Waals surface area contributed by atoms with Crippen LogP contribution in [0.2, 0.25) is 0 Å². The van der Waals surface area contributed by atoms with E-state index in [0.29, 0.717) is 12.1 Å². The Hall–Kier alpha value is -2.21. The van der Waals surface area contributed by atoms with Crippen LogP contribution in [0.15, 0.2) is 53.3 Å². The molecule has 1 atom stereocenters. The lowest BCUT2D eigenvalue weighted by Gasteiger charge is -2.27. The zero-order valence-electron chi connectivity index (χ0n) is 13.5. The lowest BCUT2D eigenvalue weighted by atomic mass is 10.2. The van der Waals surface area contributed by atoms with E-state index in [1.54, 1.807) is 6.20 Å². The molecule has 0 aliphatic carbocycles. The number of fused-ring (bicyclic) bond motifs is 1. The van der Waals surface area contributed by atoms with Crippen LogP contribution in [-0.4, -0.2) is 29.2 Å². The number of ether oxygens (including phenoxy) is 1. The molecule has 0 bridgehead atoms. The van der Waals surface area contributed by atoms with Crippen LogP contribution in [0.5, 0.6) is 5.75 Å². The van der Waals surface area contributed by atoms with Crippen molar-refractivity contribution >= 4 is 32.7 Å². The number of aromatic nitrogens is 2. The van der Waals surface area contributed by atoms with Crippen molar-refractivity contribution in [3.63, 3.8) is 0 Å². The first-order chi connectivity index (χ1) is 12.2. The molecule has 0 spiro atoms. The van der Waals surface area contributed by atoms with Crippen LogP contribution in [-0.2, 0) is 0 Å². The molecule has 1 aromatic carbocycles. The van der Waals surface area contributed by atoms with Gasteiger partial charge < -0.3 is 9.64 Å². The Morgan fingerprint density at radius 1 is 1.20 bits per heavy atom. The predicted octanol–water partition coefficient (Wildman–Crippen LogP) is 4.58. The fraction of sp³-hybridized carbons (Fsp3) is 0.263. The summed E-state index contributed by atoms with van der Waals surface area (Å²) in [6.45, 7) is 1.54. The summed E-state index contributed by atoms with van der Waals surface area (Å²) in [6.07, 6.45) is 5.11. The third kappa shape index (κ3) is 3.44. The molecule has 0 amide bonds. The van der Waals surface area contributed by atoms with Crippen molar-refractivity contribution in [3.05, 3.63) is 59.1 Å². The van der Waals surface area contributed by atoms with Gasteiger partial charge in [0.2, 0.25) is 0 Å². The SMILES string of the molecule is Fc1cnc2c(N3CCC[C@H]3COc3ccc(Br)cc3)ccnc2c1. The Kier molecular flexibility index (Phi) is 4.53. The minimum absolute atomic E-state index is 0.265. The average molecular weight is 402 g/mol. The molecule has 1 fully saturated rings. The Morgan fingerprint density at radius 3 is 2.88 bits per heavy atom. The first kappa shape index (κ1) is 16.3. The quantitative estimate of drug-likeness (QED) is 0.641. The summed E-state index contributed by atoms with van der Waals surface area (Å²) in [5, 5.41) is 0. The molecule has 0 unspecified atom stereocenters. The van der Waals surface area contributed by atoms with E-state index in [4.69, 9.17) is 4.74 Å². The summed E-state index contributed by atoms with van der Waals surface area (Å²) in [5.74, 6) is 0.489. The van der Waals surface area contributed by atoms with Gasteiger partial charge in [-0.3, -0.25) is 4.98 Å². The number of nitrogens with zero attached hydrogens (tertiary/aromatic N) is 3. The van der Waals surface area contributed by atoms with Gasteiger partial charge in [-0.25, -0.2) is 9.37 Å². The highest BCUT2D eigenvalue weighted by Gasteiger charge is 2.27. The van der Waals surface area contributed by atoms with Crippen molar-refractivity contribution in [2.75, 3.05) is 18.1 Å². The number of anilines is 1. The fourth-order valence-corrected chi connectivity index (χ4v) is 3.54. The van der Waals surface area contributed by atoms with Crippen LogP contribution in [0.4, 0.5) is 10.1 Å². The highest BCUT2D eigenvalue weighted by atomic mass is 79.9. The number of hydrogen-bond donors (Lipinski definition) is 0. The second-order valence-electron chi connectivity index (χ2n) is 6.11. The third-order valence-electron chi connectivity index (χ3n) is 4.47. The first-order valence-electron chi connectivity index (χ1n) is 8.26.